The standard InChI is InChI=1S/C29H28FN5/c1-3-20-13-18(2)24(30)15-23(20)21-9-10-22-26(14-21)33-34-28(22)29-31-25-11-12-35(17-27(25)32-29)16-19-7-5-4-6-8-19/h4-10,13-15H,3,11-12,16-17H2,1-2H3,(H,31,32)(H,33,34). The van der Waals surface area contributed by atoms with Crippen LogP contribution < -0.4 is 0 Å². The van der Waals surface area contributed by atoms with E-state index in [1.54, 1.807) is 6.07 Å². The van der Waals surface area contributed by atoms with E-state index in [2.05, 4.69) is 75.5 Å². The van der Waals surface area contributed by atoms with Crippen molar-refractivity contribution in [3.8, 4) is 22.6 Å². The van der Waals surface area contributed by atoms with E-state index < -0.39 is 0 Å². The molecule has 1 aliphatic rings. The highest BCUT2D eigenvalue weighted by Gasteiger charge is 2.22. The maximum Gasteiger partial charge on any atom is 0.159 e. The van der Waals surface area contributed by atoms with Crippen LogP contribution >= 0.6 is 0 Å². The number of hydrogen-bond donors (Lipinski definition) is 2. The Bertz CT molecular complexity index is 1520. The van der Waals surface area contributed by atoms with Gasteiger partial charge in [0.2, 0.25) is 0 Å². The van der Waals surface area contributed by atoms with Crippen LogP contribution in [0.3, 0.4) is 0 Å². The quantitative estimate of drug-likeness (QED) is 0.325. The largest absolute Gasteiger partial charge is 0.339 e. The average Bonchev–Trinajstić information content (AvgIpc) is 3.49. The third kappa shape index (κ3) is 4.04. The molecule has 0 atom stereocenters. The molecular formula is C29H28FN5. The Morgan fingerprint density at radius 2 is 1.91 bits per heavy atom. The summed E-state index contributed by atoms with van der Waals surface area (Å²) in [6, 6.07) is 20.3. The summed E-state index contributed by atoms with van der Waals surface area (Å²) < 4.78 is 14.3. The lowest BCUT2D eigenvalue weighted by Crippen LogP contribution is -2.30. The van der Waals surface area contributed by atoms with E-state index in [9.17, 15) is 4.39 Å². The van der Waals surface area contributed by atoms with Crippen LogP contribution in [0.1, 0.15) is 35.0 Å². The summed E-state index contributed by atoms with van der Waals surface area (Å²) in [7, 11) is 0. The summed E-state index contributed by atoms with van der Waals surface area (Å²) in [5, 5.41) is 8.77. The first-order valence-corrected chi connectivity index (χ1v) is 12.2. The van der Waals surface area contributed by atoms with Gasteiger partial charge >= 0.3 is 0 Å². The Balaban J connectivity index is 1.29. The second-order valence-electron chi connectivity index (χ2n) is 9.40. The number of halogens is 1. The van der Waals surface area contributed by atoms with Crippen LogP contribution in [0.15, 0.2) is 60.7 Å². The summed E-state index contributed by atoms with van der Waals surface area (Å²) in [6.45, 7) is 6.68. The molecule has 35 heavy (non-hydrogen) atoms. The molecule has 5 aromatic rings. The van der Waals surface area contributed by atoms with Gasteiger partial charge in [0, 0.05) is 31.4 Å². The zero-order chi connectivity index (χ0) is 23.9. The first kappa shape index (κ1) is 21.7. The highest BCUT2D eigenvalue weighted by Crippen LogP contribution is 2.33. The molecule has 1 aliphatic heterocycles. The van der Waals surface area contributed by atoms with Crippen molar-refractivity contribution in [2.45, 2.75) is 39.8 Å². The van der Waals surface area contributed by atoms with Gasteiger partial charge in [-0.2, -0.15) is 5.10 Å². The molecule has 0 fully saturated rings. The van der Waals surface area contributed by atoms with Gasteiger partial charge in [-0.15, -0.1) is 0 Å². The number of nitrogens with one attached hydrogen (secondary N) is 2. The molecule has 2 N–H and O–H groups in total. The summed E-state index contributed by atoms with van der Waals surface area (Å²) in [4.78, 5) is 10.9. The lowest BCUT2D eigenvalue weighted by atomic mass is 9.95. The van der Waals surface area contributed by atoms with Gasteiger partial charge in [-0.05, 0) is 59.4 Å². The van der Waals surface area contributed by atoms with Crippen molar-refractivity contribution in [2.75, 3.05) is 6.54 Å². The summed E-state index contributed by atoms with van der Waals surface area (Å²) >= 11 is 0. The van der Waals surface area contributed by atoms with E-state index >= 15 is 0 Å². The number of fused-ring (bicyclic) bond motifs is 2. The molecule has 0 saturated heterocycles. The zero-order valence-electron chi connectivity index (χ0n) is 20.0. The topological polar surface area (TPSA) is 60.6 Å². The first-order valence-electron chi connectivity index (χ1n) is 12.2. The summed E-state index contributed by atoms with van der Waals surface area (Å²) in [5.41, 5.74) is 9.09. The second-order valence-corrected chi connectivity index (χ2v) is 9.40. The van der Waals surface area contributed by atoms with Crippen LogP contribution in [0, 0.1) is 12.7 Å². The second kappa shape index (κ2) is 8.78. The highest BCUT2D eigenvalue weighted by atomic mass is 19.1. The molecule has 176 valence electrons. The number of rotatable bonds is 5. The fraction of sp³-hybridized carbons (Fsp3) is 0.241. The molecule has 0 bridgehead atoms. The van der Waals surface area contributed by atoms with Crippen LogP contribution in [0.25, 0.3) is 33.5 Å². The van der Waals surface area contributed by atoms with E-state index in [-0.39, 0.29) is 5.82 Å². The normalized spacial score (nSPS) is 13.9. The van der Waals surface area contributed by atoms with Gasteiger partial charge in [-0.25, -0.2) is 9.37 Å². The van der Waals surface area contributed by atoms with Crippen molar-refractivity contribution in [2.24, 2.45) is 0 Å². The smallest absolute Gasteiger partial charge is 0.159 e. The fourth-order valence-corrected chi connectivity index (χ4v) is 5.11. The van der Waals surface area contributed by atoms with E-state index in [1.807, 2.05) is 13.0 Å². The Kier molecular flexibility index (Phi) is 5.46. The molecule has 3 heterocycles. The summed E-state index contributed by atoms with van der Waals surface area (Å²) in [6.07, 6.45) is 1.77. The maximum atomic E-state index is 14.3. The molecule has 5 nitrogen and oxygen atoms in total. The fourth-order valence-electron chi connectivity index (χ4n) is 5.11. The first-order chi connectivity index (χ1) is 17.1. The number of imidazole rings is 1. The molecule has 6 rings (SSSR count). The third-order valence-electron chi connectivity index (χ3n) is 7.02. The Labute approximate surface area is 204 Å². The molecule has 0 aliphatic carbocycles. The van der Waals surface area contributed by atoms with Gasteiger partial charge in [-0.1, -0.05) is 49.4 Å². The van der Waals surface area contributed by atoms with Crippen molar-refractivity contribution >= 4 is 10.9 Å². The number of aromatic amines is 2. The van der Waals surface area contributed by atoms with Crippen molar-refractivity contribution in [1.82, 2.24) is 25.1 Å². The molecule has 3 aromatic carbocycles. The summed E-state index contributed by atoms with van der Waals surface area (Å²) in [5.74, 6) is 0.622. The number of benzene rings is 3. The third-order valence-corrected chi connectivity index (χ3v) is 7.02. The SMILES string of the molecule is CCc1cc(C)c(F)cc1-c1ccc2c(-c3nc4c([nH]3)CN(Cc3ccccc3)CC4)n[nH]c2c1. The van der Waals surface area contributed by atoms with Gasteiger partial charge < -0.3 is 4.98 Å². The number of aryl methyl sites for hydroxylation is 2. The van der Waals surface area contributed by atoms with Crippen LogP contribution in [0.4, 0.5) is 4.39 Å². The molecule has 2 aromatic heterocycles. The number of aromatic nitrogens is 4. The van der Waals surface area contributed by atoms with Gasteiger partial charge in [0.1, 0.15) is 11.5 Å². The number of nitrogens with zero attached hydrogens (tertiary/aromatic N) is 3. The van der Waals surface area contributed by atoms with Gasteiger partial charge in [-0.3, -0.25) is 10.00 Å². The van der Waals surface area contributed by atoms with Gasteiger partial charge in [0.15, 0.2) is 5.82 Å². The highest BCUT2D eigenvalue weighted by molar-refractivity contribution is 5.94. The minimum atomic E-state index is -0.176. The molecule has 0 saturated carbocycles. The zero-order valence-corrected chi connectivity index (χ0v) is 20.0. The molecular weight excluding hydrogens is 437 g/mol. The van der Waals surface area contributed by atoms with Gasteiger partial charge in [0.05, 0.1) is 16.9 Å². The molecule has 0 amide bonds. The Hall–Kier alpha value is -3.77. The van der Waals surface area contributed by atoms with Crippen molar-refractivity contribution < 1.29 is 4.39 Å². The van der Waals surface area contributed by atoms with Crippen LogP contribution in [0.5, 0.6) is 0 Å². The Morgan fingerprint density at radius 3 is 2.74 bits per heavy atom. The van der Waals surface area contributed by atoms with E-state index in [0.29, 0.717) is 5.56 Å². The van der Waals surface area contributed by atoms with E-state index in [0.717, 1.165) is 83.0 Å². The van der Waals surface area contributed by atoms with E-state index in [1.165, 1.54) is 5.56 Å². The lowest BCUT2D eigenvalue weighted by molar-refractivity contribution is 0.241. The Morgan fingerprint density at radius 1 is 1.06 bits per heavy atom. The minimum absolute atomic E-state index is 0.176. The van der Waals surface area contributed by atoms with Crippen LogP contribution in [-0.2, 0) is 25.9 Å². The monoisotopic (exact) mass is 465 g/mol. The predicted octanol–water partition coefficient (Wildman–Crippen LogP) is 6.19. The van der Waals surface area contributed by atoms with Crippen LogP contribution in [0.2, 0.25) is 0 Å². The van der Waals surface area contributed by atoms with E-state index in [4.69, 9.17) is 4.98 Å². The predicted molar refractivity (Wildman–Crippen MR) is 137 cm³/mol. The number of H-pyrrole nitrogens is 2. The van der Waals surface area contributed by atoms with Crippen molar-refractivity contribution in [1.29, 1.82) is 0 Å². The van der Waals surface area contributed by atoms with Crippen molar-refractivity contribution in [3.63, 3.8) is 0 Å². The van der Waals surface area contributed by atoms with Crippen molar-refractivity contribution in [3.05, 3.63) is 94.6 Å². The average molecular weight is 466 g/mol. The molecule has 0 spiro atoms. The van der Waals surface area contributed by atoms with Crippen LogP contribution in [-0.4, -0.2) is 31.6 Å². The molecule has 6 heteroatoms. The minimum Gasteiger partial charge on any atom is -0.339 e. The maximum absolute atomic E-state index is 14.3. The number of hydrogen-bond acceptors (Lipinski definition) is 3. The molecule has 0 radical (unpaired) electrons. The van der Waals surface area contributed by atoms with Gasteiger partial charge in [0.25, 0.3) is 0 Å². The lowest BCUT2D eigenvalue weighted by Gasteiger charge is -2.25. The molecule has 0 unspecified atom stereocenters.